The second-order valence-corrected chi connectivity index (χ2v) is 4.17. The lowest BCUT2D eigenvalue weighted by molar-refractivity contribution is 0.506. The van der Waals surface area contributed by atoms with Gasteiger partial charge in [-0.3, -0.25) is 0 Å². The summed E-state index contributed by atoms with van der Waals surface area (Å²) in [6.45, 7) is 5.53. The molecule has 0 fully saturated rings. The minimum Gasteiger partial charge on any atom is -0.467 e. The van der Waals surface area contributed by atoms with Gasteiger partial charge >= 0.3 is 0 Å². The first-order valence-electron chi connectivity index (χ1n) is 6.01. The number of anilines is 2. The van der Waals surface area contributed by atoms with E-state index in [9.17, 15) is 0 Å². The van der Waals surface area contributed by atoms with E-state index in [1.807, 2.05) is 39.2 Å². The molecule has 96 valence electrons. The first kappa shape index (κ1) is 12.4. The number of aryl methyl sites for hydroxylation is 1. The summed E-state index contributed by atoms with van der Waals surface area (Å²) in [5.74, 6) is 2.49. The van der Waals surface area contributed by atoms with Crippen molar-refractivity contribution in [3.63, 3.8) is 0 Å². The van der Waals surface area contributed by atoms with Gasteiger partial charge in [-0.25, -0.2) is 4.98 Å². The van der Waals surface area contributed by atoms with Gasteiger partial charge in [-0.1, -0.05) is 0 Å². The van der Waals surface area contributed by atoms with Gasteiger partial charge in [0, 0.05) is 25.4 Å². The lowest BCUT2D eigenvalue weighted by Crippen LogP contribution is -2.19. The van der Waals surface area contributed by atoms with Crippen LogP contribution in [0.1, 0.15) is 18.2 Å². The summed E-state index contributed by atoms with van der Waals surface area (Å²) in [5, 5.41) is 3.12. The standard InChI is InChI=1S/C13H18N4O/c1-4-14-13-15-8-10(2)12(16-13)17(3)9-11-6-5-7-18-11/h5-8H,4,9H2,1-3H3,(H,14,15,16). The molecular weight excluding hydrogens is 228 g/mol. The SMILES string of the molecule is CCNc1ncc(C)c(N(C)Cc2ccco2)n1. The lowest BCUT2D eigenvalue weighted by Gasteiger charge is -2.19. The normalized spacial score (nSPS) is 10.4. The molecule has 0 saturated heterocycles. The van der Waals surface area contributed by atoms with E-state index in [4.69, 9.17) is 4.42 Å². The number of hydrogen-bond donors (Lipinski definition) is 1. The van der Waals surface area contributed by atoms with Crippen molar-refractivity contribution in [2.45, 2.75) is 20.4 Å². The van der Waals surface area contributed by atoms with Crippen molar-refractivity contribution < 1.29 is 4.42 Å². The molecule has 0 saturated carbocycles. The van der Waals surface area contributed by atoms with Gasteiger partial charge in [-0.15, -0.1) is 0 Å². The number of furan rings is 1. The van der Waals surface area contributed by atoms with Gasteiger partial charge in [0.2, 0.25) is 5.95 Å². The second kappa shape index (κ2) is 5.53. The Hall–Kier alpha value is -2.04. The van der Waals surface area contributed by atoms with E-state index >= 15 is 0 Å². The van der Waals surface area contributed by atoms with Crippen molar-refractivity contribution in [1.29, 1.82) is 0 Å². The summed E-state index contributed by atoms with van der Waals surface area (Å²) in [7, 11) is 1.99. The van der Waals surface area contributed by atoms with Crippen LogP contribution >= 0.6 is 0 Å². The largest absolute Gasteiger partial charge is 0.467 e. The van der Waals surface area contributed by atoms with Gasteiger partial charge in [0.1, 0.15) is 11.6 Å². The molecule has 0 aliphatic heterocycles. The zero-order valence-corrected chi connectivity index (χ0v) is 11.0. The fourth-order valence-corrected chi connectivity index (χ4v) is 1.77. The fraction of sp³-hybridized carbons (Fsp3) is 0.385. The zero-order chi connectivity index (χ0) is 13.0. The third-order valence-electron chi connectivity index (χ3n) is 2.61. The molecule has 2 aromatic heterocycles. The number of hydrogen-bond acceptors (Lipinski definition) is 5. The molecule has 0 spiro atoms. The van der Waals surface area contributed by atoms with Crippen LogP contribution in [0.25, 0.3) is 0 Å². The van der Waals surface area contributed by atoms with Crippen LogP contribution in [0.2, 0.25) is 0 Å². The van der Waals surface area contributed by atoms with E-state index in [-0.39, 0.29) is 0 Å². The van der Waals surface area contributed by atoms with Crippen LogP contribution in [0, 0.1) is 6.92 Å². The van der Waals surface area contributed by atoms with Crippen LogP contribution in [0.3, 0.4) is 0 Å². The number of nitrogens with zero attached hydrogens (tertiary/aromatic N) is 3. The summed E-state index contributed by atoms with van der Waals surface area (Å²) < 4.78 is 5.34. The molecule has 2 aromatic rings. The first-order valence-corrected chi connectivity index (χ1v) is 6.01. The average molecular weight is 246 g/mol. The molecule has 0 aliphatic carbocycles. The monoisotopic (exact) mass is 246 g/mol. The molecular formula is C13H18N4O. The highest BCUT2D eigenvalue weighted by atomic mass is 16.3. The third-order valence-corrected chi connectivity index (χ3v) is 2.61. The molecule has 0 aromatic carbocycles. The van der Waals surface area contributed by atoms with Gasteiger partial charge < -0.3 is 14.6 Å². The summed E-state index contributed by atoms with van der Waals surface area (Å²) >= 11 is 0. The minimum absolute atomic E-state index is 0.657. The van der Waals surface area contributed by atoms with E-state index in [0.717, 1.165) is 23.7 Å². The molecule has 0 aliphatic rings. The van der Waals surface area contributed by atoms with Crippen LogP contribution < -0.4 is 10.2 Å². The van der Waals surface area contributed by atoms with Crippen molar-refractivity contribution in [1.82, 2.24) is 9.97 Å². The van der Waals surface area contributed by atoms with E-state index < -0.39 is 0 Å². The molecule has 0 atom stereocenters. The Morgan fingerprint density at radius 2 is 2.28 bits per heavy atom. The minimum atomic E-state index is 0.657. The van der Waals surface area contributed by atoms with Gasteiger partial charge in [-0.2, -0.15) is 4.98 Å². The smallest absolute Gasteiger partial charge is 0.224 e. The van der Waals surface area contributed by atoms with Crippen molar-refractivity contribution in [3.05, 3.63) is 35.9 Å². The highest BCUT2D eigenvalue weighted by molar-refractivity contribution is 5.48. The van der Waals surface area contributed by atoms with Crippen molar-refractivity contribution in [3.8, 4) is 0 Å². The molecule has 2 rings (SSSR count). The molecule has 18 heavy (non-hydrogen) atoms. The first-order chi connectivity index (χ1) is 8.70. The van der Waals surface area contributed by atoms with Crippen LogP contribution in [0.4, 0.5) is 11.8 Å². The molecule has 5 heteroatoms. The highest BCUT2D eigenvalue weighted by Gasteiger charge is 2.10. The quantitative estimate of drug-likeness (QED) is 0.878. The predicted molar refractivity (Wildman–Crippen MR) is 71.7 cm³/mol. The Kier molecular flexibility index (Phi) is 3.82. The Morgan fingerprint density at radius 1 is 1.44 bits per heavy atom. The van der Waals surface area contributed by atoms with Crippen molar-refractivity contribution >= 4 is 11.8 Å². The van der Waals surface area contributed by atoms with Crippen LogP contribution in [0.15, 0.2) is 29.0 Å². The van der Waals surface area contributed by atoms with Gasteiger partial charge in [0.15, 0.2) is 0 Å². The topological polar surface area (TPSA) is 54.2 Å². The summed E-state index contributed by atoms with van der Waals surface area (Å²) in [6, 6.07) is 3.85. The Morgan fingerprint density at radius 3 is 2.94 bits per heavy atom. The number of rotatable bonds is 5. The van der Waals surface area contributed by atoms with Crippen LogP contribution in [0.5, 0.6) is 0 Å². The third kappa shape index (κ3) is 2.80. The maximum atomic E-state index is 5.34. The number of nitrogens with one attached hydrogen (secondary N) is 1. The van der Waals surface area contributed by atoms with E-state index in [2.05, 4.69) is 20.2 Å². The Labute approximate surface area is 107 Å². The second-order valence-electron chi connectivity index (χ2n) is 4.17. The number of aromatic nitrogens is 2. The zero-order valence-electron chi connectivity index (χ0n) is 11.0. The summed E-state index contributed by atoms with van der Waals surface area (Å²) in [5.41, 5.74) is 1.05. The maximum Gasteiger partial charge on any atom is 0.224 e. The van der Waals surface area contributed by atoms with Crippen molar-refractivity contribution in [2.24, 2.45) is 0 Å². The van der Waals surface area contributed by atoms with Gasteiger partial charge in [0.05, 0.1) is 12.8 Å². The van der Waals surface area contributed by atoms with Crippen LogP contribution in [-0.2, 0) is 6.54 Å². The van der Waals surface area contributed by atoms with Crippen molar-refractivity contribution in [2.75, 3.05) is 23.8 Å². The summed E-state index contributed by atoms with van der Waals surface area (Å²) in [4.78, 5) is 10.8. The maximum absolute atomic E-state index is 5.34. The van der Waals surface area contributed by atoms with Gasteiger partial charge in [0.25, 0.3) is 0 Å². The summed E-state index contributed by atoms with van der Waals surface area (Å²) in [6.07, 6.45) is 3.51. The fourth-order valence-electron chi connectivity index (χ4n) is 1.77. The van der Waals surface area contributed by atoms with E-state index in [0.29, 0.717) is 12.5 Å². The molecule has 2 heterocycles. The Bertz CT molecular complexity index is 496. The predicted octanol–water partition coefficient (Wildman–Crippen LogP) is 2.45. The molecule has 0 unspecified atom stereocenters. The lowest BCUT2D eigenvalue weighted by atomic mass is 10.3. The molecule has 0 radical (unpaired) electrons. The Balaban J connectivity index is 2.17. The van der Waals surface area contributed by atoms with Gasteiger partial charge in [-0.05, 0) is 26.0 Å². The van der Waals surface area contributed by atoms with E-state index in [1.165, 1.54) is 0 Å². The molecule has 5 nitrogen and oxygen atoms in total. The molecule has 0 amide bonds. The molecule has 0 bridgehead atoms. The van der Waals surface area contributed by atoms with Crippen LogP contribution in [-0.4, -0.2) is 23.6 Å². The highest BCUT2D eigenvalue weighted by Crippen LogP contribution is 2.18. The molecule has 1 N–H and O–H groups in total. The average Bonchev–Trinajstić information content (AvgIpc) is 2.84. The van der Waals surface area contributed by atoms with E-state index in [1.54, 1.807) is 6.26 Å².